The molecule has 26 heavy (non-hydrogen) atoms. The van der Waals surface area contributed by atoms with Crippen molar-refractivity contribution in [3.8, 4) is 5.75 Å². The number of rotatable bonds is 4. The van der Waals surface area contributed by atoms with Gasteiger partial charge >= 0.3 is 11.9 Å². The summed E-state index contributed by atoms with van der Waals surface area (Å²) in [4.78, 5) is 20.7. The van der Waals surface area contributed by atoms with E-state index in [1.165, 1.54) is 11.1 Å². The van der Waals surface area contributed by atoms with E-state index in [9.17, 15) is 0 Å². The van der Waals surface area contributed by atoms with Crippen LogP contribution in [-0.2, 0) is 15.0 Å². The highest BCUT2D eigenvalue weighted by molar-refractivity contribution is 6.27. The van der Waals surface area contributed by atoms with Crippen LogP contribution < -0.4 is 10.1 Å². The first-order chi connectivity index (χ1) is 12.1. The van der Waals surface area contributed by atoms with Crippen molar-refractivity contribution in [3.63, 3.8) is 0 Å². The first-order valence-corrected chi connectivity index (χ1v) is 8.74. The number of carboxylic acids is 2. The van der Waals surface area contributed by atoms with Crippen LogP contribution in [0.4, 0.5) is 0 Å². The van der Waals surface area contributed by atoms with Gasteiger partial charge in [-0.05, 0) is 29.5 Å². The summed E-state index contributed by atoms with van der Waals surface area (Å²) in [5, 5.41) is 18.2. The Hall–Kier alpha value is -2.12. The smallest absolute Gasteiger partial charge is 0.414 e. The molecule has 1 aromatic rings. The number of aryl methyl sites for hydroxylation is 1. The third-order valence-electron chi connectivity index (χ3n) is 4.10. The van der Waals surface area contributed by atoms with Gasteiger partial charge in [0.2, 0.25) is 0 Å². The van der Waals surface area contributed by atoms with Gasteiger partial charge in [0, 0.05) is 32.7 Å². The number of hydrogen-bond acceptors (Lipinski definition) is 5. The Kier molecular flexibility index (Phi) is 8.54. The summed E-state index contributed by atoms with van der Waals surface area (Å²) in [7, 11) is 0. The molecule has 7 heteroatoms. The van der Waals surface area contributed by atoms with Gasteiger partial charge < -0.3 is 20.3 Å². The lowest BCUT2D eigenvalue weighted by Crippen LogP contribution is -2.44. The van der Waals surface area contributed by atoms with Crippen LogP contribution in [0.25, 0.3) is 0 Å². The van der Waals surface area contributed by atoms with Crippen LogP contribution in [0.2, 0.25) is 0 Å². The molecule has 1 saturated heterocycles. The van der Waals surface area contributed by atoms with Crippen LogP contribution in [0.3, 0.4) is 0 Å². The minimum atomic E-state index is -1.82. The van der Waals surface area contributed by atoms with Gasteiger partial charge in [-0.15, -0.1) is 0 Å². The Morgan fingerprint density at radius 1 is 1.15 bits per heavy atom. The lowest BCUT2D eigenvalue weighted by Gasteiger charge is -2.27. The molecule has 0 aromatic heterocycles. The molecule has 1 aliphatic heterocycles. The number of benzene rings is 1. The average Bonchev–Trinajstić information content (AvgIpc) is 2.57. The lowest BCUT2D eigenvalue weighted by molar-refractivity contribution is -0.159. The molecule has 0 bridgehead atoms. The normalized spacial score (nSPS) is 14.9. The van der Waals surface area contributed by atoms with Gasteiger partial charge in [0.15, 0.2) is 0 Å². The molecule has 7 nitrogen and oxygen atoms in total. The summed E-state index contributed by atoms with van der Waals surface area (Å²) in [5.74, 6) is -2.63. The van der Waals surface area contributed by atoms with Crippen molar-refractivity contribution in [2.45, 2.75) is 33.1 Å². The highest BCUT2D eigenvalue weighted by atomic mass is 16.5. The van der Waals surface area contributed by atoms with E-state index in [-0.39, 0.29) is 5.41 Å². The Labute approximate surface area is 155 Å². The molecule has 0 spiro atoms. The summed E-state index contributed by atoms with van der Waals surface area (Å²) in [5.41, 5.74) is 2.80. The summed E-state index contributed by atoms with van der Waals surface area (Å²) in [6.45, 7) is 15.1. The Bertz CT molecular complexity index is 592. The van der Waals surface area contributed by atoms with Crippen molar-refractivity contribution in [1.82, 2.24) is 10.2 Å². The van der Waals surface area contributed by atoms with Gasteiger partial charge in [-0.1, -0.05) is 32.9 Å². The summed E-state index contributed by atoms with van der Waals surface area (Å²) in [6, 6.07) is 6.56. The second-order valence-electron chi connectivity index (χ2n) is 7.28. The summed E-state index contributed by atoms with van der Waals surface area (Å²) in [6.07, 6.45) is 0. The van der Waals surface area contributed by atoms with E-state index in [1.54, 1.807) is 0 Å². The maximum atomic E-state index is 9.10. The van der Waals surface area contributed by atoms with Crippen LogP contribution in [0.5, 0.6) is 5.75 Å². The SMILES string of the molecule is Cc1cc(C(C)(C)C)ccc1OCCN1CCNCC1.O=C(O)C(=O)O. The van der Waals surface area contributed by atoms with Crippen molar-refractivity contribution in [1.29, 1.82) is 0 Å². The number of aliphatic carboxylic acids is 2. The highest BCUT2D eigenvalue weighted by Crippen LogP contribution is 2.27. The van der Waals surface area contributed by atoms with Crippen molar-refractivity contribution in [3.05, 3.63) is 29.3 Å². The van der Waals surface area contributed by atoms with Crippen molar-refractivity contribution in [2.24, 2.45) is 0 Å². The minimum absolute atomic E-state index is 0.199. The second kappa shape index (κ2) is 10.1. The maximum Gasteiger partial charge on any atom is 0.414 e. The minimum Gasteiger partial charge on any atom is -0.492 e. The van der Waals surface area contributed by atoms with E-state index >= 15 is 0 Å². The Morgan fingerprint density at radius 3 is 2.19 bits per heavy atom. The quantitative estimate of drug-likeness (QED) is 0.698. The van der Waals surface area contributed by atoms with E-state index in [0.29, 0.717) is 0 Å². The molecule has 0 unspecified atom stereocenters. The zero-order valence-corrected chi connectivity index (χ0v) is 16.0. The monoisotopic (exact) mass is 366 g/mol. The molecular weight excluding hydrogens is 336 g/mol. The van der Waals surface area contributed by atoms with Gasteiger partial charge in [-0.2, -0.15) is 0 Å². The molecule has 0 atom stereocenters. The number of hydrogen-bond donors (Lipinski definition) is 3. The largest absolute Gasteiger partial charge is 0.492 e. The topological polar surface area (TPSA) is 99.1 Å². The van der Waals surface area contributed by atoms with E-state index in [1.807, 2.05) is 0 Å². The van der Waals surface area contributed by atoms with E-state index < -0.39 is 11.9 Å². The zero-order valence-electron chi connectivity index (χ0n) is 16.0. The van der Waals surface area contributed by atoms with Gasteiger partial charge in [0.25, 0.3) is 0 Å². The molecule has 0 saturated carbocycles. The molecule has 1 heterocycles. The standard InChI is InChI=1S/C17H28N2O.C2H2O4/c1-14-13-15(17(2,3)4)5-6-16(14)20-12-11-19-9-7-18-8-10-19;3-1(4)2(5)6/h5-6,13,18H,7-12H2,1-4H3;(H,3,4)(H,5,6). The summed E-state index contributed by atoms with van der Waals surface area (Å²) < 4.78 is 5.95. The average molecular weight is 366 g/mol. The highest BCUT2D eigenvalue weighted by Gasteiger charge is 2.15. The van der Waals surface area contributed by atoms with Crippen LogP contribution in [0.15, 0.2) is 18.2 Å². The molecule has 1 aliphatic rings. The van der Waals surface area contributed by atoms with E-state index in [2.05, 4.69) is 56.1 Å². The number of nitrogens with zero attached hydrogens (tertiary/aromatic N) is 1. The molecule has 1 aromatic carbocycles. The fraction of sp³-hybridized carbons (Fsp3) is 0.579. The first-order valence-electron chi connectivity index (χ1n) is 8.74. The molecule has 0 amide bonds. The predicted octanol–water partition coefficient (Wildman–Crippen LogP) is 1.73. The summed E-state index contributed by atoms with van der Waals surface area (Å²) >= 11 is 0. The fourth-order valence-corrected chi connectivity index (χ4v) is 2.50. The third-order valence-corrected chi connectivity index (χ3v) is 4.10. The molecular formula is C19H30N2O5. The van der Waals surface area contributed by atoms with E-state index in [0.717, 1.165) is 45.1 Å². The van der Waals surface area contributed by atoms with Crippen molar-refractivity contribution < 1.29 is 24.5 Å². The van der Waals surface area contributed by atoms with Gasteiger partial charge in [-0.3, -0.25) is 4.90 Å². The Morgan fingerprint density at radius 2 is 1.73 bits per heavy atom. The van der Waals surface area contributed by atoms with E-state index in [4.69, 9.17) is 24.5 Å². The molecule has 146 valence electrons. The zero-order chi connectivity index (χ0) is 19.7. The van der Waals surface area contributed by atoms with Crippen LogP contribution in [0, 0.1) is 6.92 Å². The molecule has 1 fully saturated rings. The van der Waals surface area contributed by atoms with Crippen molar-refractivity contribution >= 4 is 11.9 Å². The third kappa shape index (κ3) is 7.84. The first kappa shape index (κ1) is 21.9. The number of nitrogens with one attached hydrogen (secondary N) is 1. The second-order valence-corrected chi connectivity index (χ2v) is 7.28. The van der Waals surface area contributed by atoms with Crippen LogP contribution in [-0.4, -0.2) is 66.4 Å². The molecule has 2 rings (SSSR count). The molecule has 3 N–H and O–H groups in total. The Balaban J connectivity index is 0.000000487. The van der Waals surface area contributed by atoms with Gasteiger partial charge in [0.1, 0.15) is 12.4 Å². The van der Waals surface area contributed by atoms with Gasteiger partial charge in [-0.25, -0.2) is 9.59 Å². The van der Waals surface area contributed by atoms with Crippen LogP contribution in [0.1, 0.15) is 31.9 Å². The number of carboxylic acid groups (broad SMARTS) is 2. The van der Waals surface area contributed by atoms with Crippen molar-refractivity contribution in [2.75, 3.05) is 39.3 Å². The number of carbonyl (C=O) groups is 2. The van der Waals surface area contributed by atoms with Crippen LogP contribution >= 0.6 is 0 Å². The van der Waals surface area contributed by atoms with Gasteiger partial charge in [0.05, 0.1) is 0 Å². The molecule has 0 aliphatic carbocycles. The molecule has 0 radical (unpaired) electrons. The lowest BCUT2D eigenvalue weighted by atomic mass is 9.86. The maximum absolute atomic E-state index is 9.10. The fourth-order valence-electron chi connectivity index (χ4n) is 2.50. The number of piperazine rings is 1. The number of ether oxygens (including phenoxy) is 1. The predicted molar refractivity (Wildman–Crippen MR) is 100.0 cm³/mol.